The molecular formula is C18H18N4. The fourth-order valence-electron chi connectivity index (χ4n) is 2.18. The van der Waals surface area contributed by atoms with Gasteiger partial charge >= 0.3 is 0 Å². The summed E-state index contributed by atoms with van der Waals surface area (Å²) in [5.74, 6) is 1.49. The average molecular weight is 290 g/mol. The lowest BCUT2D eigenvalue weighted by atomic mass is 10.2. The predicted molar refractivity (Wildman–Crippen MR) is 90.3 cm³/mol. The summed E-state index contributed by atoms with van der Waals surface area (Å²) < 4.78 is 0. The van der Waals surface area contributed by atoms with Crippen molar-refractivity contribution in [2.75, 3.05) is 17.3 Å². The van der Waals surface area contributed by atoms with Crippen LogP contribution in [-0.4, -0.2) is 17.0 Å². The van der Waals surface area contributed by atoms with Crippen LogP contribution in [0, 0.1) is 0 Å². The summed E-state index contributed by atoms with van der Waals surface area (Å²) in [7, 11) is 2.00. The second kappa shape index (κ2) is 6.72. The van der Waals surface area contributed by atoms with Gasteiger partial charge in [0.2, 0.25) is 5.95 Å². The summed E-state index contributed by atoms with van der Waals surface area (Å²) >= 11 is 0. The van der Waals surface area contributed by atoms with Gasteiger partial charge in [-0.05, 0) is 23.8 Å². The molecule has 0 atom stereocenters. The van der Waals surface area contributed by atoms with E-state index in [1.54, 1.807) is 6.20 Å². The summed E-state index contributed by atoms with van der Waals surface area (Å²) in [5, 5.41) is 3.26. The fraction of sp³-hybridized carbons (Fsp3) is 0.111. The molecule has 0 aliphatic heterocycles. The lowest BCUT2D eigenvalue weighted by Gasteiger charge is -2.18. The van der Waals surface area contributed by atoms with Crippen molar-refractivity contribution < 1.29 is 0 Å². The summed E-state index contributed by atoms with van der Waals surface area (Å²) in [6.45, 7) is 0.708. The second-order valence-electron chi connectivity index (χ2n) is 4.97. The first-order valence-electron chi connectivity index (χ1n) is 7.22. The molecule has 0 aliphatic carbocycles. The number of nitrogens with one attached hydrogen (secondary N) is 1. The van der Waals surface area contributed by atoms with Crippen molar-refractivity contribution in [1.29, 1.82) is 0 Å². The molecule has 0 fully saturated rings. The Morgan fingerprint density at radius 3 is 2.32 bits per heavy atom. The molecule has 1 aromatic heterocycles. The van der Waals surface area contributed by atoms with Crippen LogP contribution in [0.1, 0.15) is 5.56 Å². The van der Waals surface area contributed by atoms with E-state index in [2.05, 4.69) is 39.6 Å². The summed E-state index contributed by atoms with van der Waals surface area (Å²) in [4.78, 5) is 10.9. The van der Waals surface area contributed by atoms with Crippen LogP contribution < -0.4 is 10.2 Å². The topological polar surface area (TPSA) is 41.1 Å². The lowest BCUT2D eigenvalue weighted by Crippen LogP contribution is -2.13. The molecule has 0 radical (unpaired) electrons. The Hall–Kier alpha value is -2.88. The Balaban J connectivity index is 1.72. The highest BCUT2D eigenvalue weighted by Crippen LogP contribution is 2.21. The molecule has 0 unspecified atom stereocenters. The van der Waals surface area contributed by atoms with Gasteiger partial charge in [-0.1, -0.05) is 48.5 Å². The van der Waals surface area contributed by atoms with Crippen LogP contribution in [0.25, 0.3) is 0 Å². The van der Waals surface area contributed by atoms with Crippen LogP contribution in [-0.2, 0) is 6.54 Å². The van der Waals surface area contributed by atoms with Gasteiger partial charge < -0.3 is 10.2 Å². The second-order valence-corrected chi connectivity index (χ2v) is 4.97. The standard InChI is InChI=1S/C18H18N4/c1-22(16-10-6-3-7-11-16)17-12-13-19-18(21-17)20-14-15-8-4-2-5-9-15/h2-13H,14H2,1H3,(H,19,20,21). The number of hydrogen-bond donors (Lipinski definition) is 1. The van der Waals surface area contributed by atoms with Crippen LogP contribution in [0.3, 0.4) is 0 Å². The molecule has 0 bridgehead atoms. The number of nitrogens with zero attached hydrogens (tertiary/aromatic N) is 3. The van der Waals surface area contributed by atoms with E-state index in [0.29, 0.717) is 12.5 Å². The SMILES string of the molecule is CN(c1ccccc1)c1ccnc(NCc2ccccc2)n1. The quantitative estimate of drug-likeness (QED) is 0.774. The molecule has 4 heteroatoms. The fourth-order valence-corrected chi connectivity index (χ4v) is 2.18. The number of aromatic nitrogens is 2. The number of hydrogen-bond acceptors (Lipinski definition) is 4. The minimum absolute atomic E-state index is 0.629. The third-order valence-electron chi connectivity index (χ3n) is 3.42. The van der Waals surface area contributed by atoms with Gasteiger partial charge in [0.05, 0.1) is 0 Å². The zero-order valence-corrected chi connectivity index (χ0v) is 12.5. The molecule has 0 saturated carbocycles. The maximum atomic E-state index is 4.57. The molecule has 4 nitrogen and oxygen atoms in total. The molecule has 3 rings (SSSR count). The van der Waals surface area contributed by atoms with Crippen LogP contribution in [0.2, 0.25) is 0 Å². The molecule has 22 heavy (non-hydrogen) atoms. The molecule has 0 aliphatic rings. The van der Waals surface area contributed by atoms with Crippen LogP contribution >= 0.6 is 0 Å². The van der Waals surface area contributed by atoms with E-state index in [1.165, 1.54) is 5.56 Å². The molecular weight excluding hydrogens is 272 g/mol. The minimum atomic E-state index is 0.629. The zero-order valence-electron chi connectivity index (χ0n) is 12.5. The van der Waals surface area contributed by atoms with E-state index in [9.17, 15) is 0 Å². The Kier molecular flexibility index (Phi) is 4.30. The van der Waals surface area contributed by atoms with E-state index >= 15 is 0 Å². The van der Waals surface area contributed by atoms with Crippen LogP contribution in [0.5, 0.6) is 0 Å². The van der Waals surface area contributed by atoms with Crippen molar-refractivity contribution in [2.45, 2.75) is 6.54 Å². The third-order valence-corrected chi connectivity index (χ3v) is 3.42. The largest absolute Gasteiger partial charge is 0.350 e. The highest BCUT2D eigenvalue weighted by molar-refractivity contribution is 5.59. The first kappa shape index (κ1) is 14.1. The van der Waals surface area contributed by atoms with Crippen molar-refractivity contribution in [3.05, 3.63) is 78.5 Å². The van der Waals surface area contributed by atoms with Crippen molar-refractivity contribution >= 4 is 17.5 Å². The predicted octanol–water partition coefficient (Wildman–Crippen LogP) is 3.86. The van der Waals surface area contributed by atoms with E-state index in [0.717, 1.165) is 11.5 Å². The maximum absolute atomic E-state index is 4.57. The van der Waals surface area contributed by atoms with Gasteiger partial charge in [0.25, 0.3) is 0 Å². The van der Waals surface area contributed by atoms with E-state index in [1.807, 2.05) is 54.4 Å². The average Bonchev–Trinajstić information content (AvgIpc) is 2.61. The van der Waals surface area contributed by atoms with E-state index in [4.69, 9.17) is 0 Å². The van der Waals surface area contributed by atoms with Gasteiger partial charge in [0, 0.05) is 25.5 Å². The zero-order chi connectivity index (χ0) is 15.2. The molecule has 110 valence electrons. The number of anilines is 3. The lowest BCUT2D eigenvalue weighted by molar-refractivity contribution is 1.03. The Morgan fingerprint density at radius 2 is 1.59 bits per heavy atom. The van der Waals surface area contributed by atoms with Crippen molar-refractivity contribution in [2.24, 2.45) is 0 Å². The first-order valence-corrected chi connectivity index (χ1v) is 7.22. The van der Waals surface area contributed by atoms with Gasteiger partial charge in [-0.15, -0.1) is 0 Å². The number of rotatable bonds is 5. The van der Waals surface area contributed by atoms with E-state index < -0.39 is 0 Å². The van der Waals surface area contributed by atoms with Gasteiger partial charge in [-0.3, -0.25) is 0 Å². The van der Waals surface area contributed by atoms with E-state index in [-0.39, 0.29) is 0 Å². The Bertz CT molecular complexity index is 713. The van der Waals surface area contributed by atoms with Crippen LogP contribution in [0.15, 0.2) is 72.9 Å². The smallest absolute Gasteiger partial charge is 0.224 e. The van der Waals surface area contributed by atoms with Gasteiger partial charge in [0.15, 0.2) is 0 Å². The van der Waals surface area contributed by atoms with Crippen LogP contribution in [0.4, 0.5) is 17.5 Å². The first-order chi connectivity index (χ1) is 10.8. The third kappa shape index (κ3) is 3.41. The van der Waals surface area contributed by atoms with Crippen molar-refractivity contribution in [3.8, 4) is 0 Å². The number of benzene rings is 2. The molecule has 0 saturated heterocycles. The summed E-state index contributed by atoms with van der Waals surface area (Å²) in [5.41, 5.74) is 2.29. The monoisotopic (exact) mass is 290 g/mol. The Morgan fingerprint density at radius 1 is 0.909 bits per heavy atom. The molecule has 0 spiro atoms. The van der Waals surface area contributed by atoms with Gasteiger partial charge in [0.1, 0.15) is 5.82 Å². The Labute approximate surface area is 130 Å². The molecule has 2 aromatic carbocycles. The van der Waals surface area contributed by atoms with Gasteiger partial charge in [-0.2, -0.15) is 4.98 Å². The summed E-state index contributed by atoms with van der Waals surface area (Å²) in [6.07, 6.45) is 1.77. The molecule has 1 heterocycles. The van der Waals surface area contributed by atoms with Gasteiger partial charge in [-0.25, -0.2) is 4.98 Å². The highest BCUT2D eigenvalue weighted by Gasteiger charge is 2.06. The summed E-state index contributed by atoms with van der Waals surface area (Å²) in [6, 6.07) is 22.3. The van der Waals surface area contributed by atoms with Crippen molar-refractivity contribution in [1.82, 2.24) is 9.97 Å². The highest BCUT2D eigenvalue weighted by atomic mass is 15.2. The minimum Gasteiger partial charge on any atom is -0.350 e. The normalized spacial score (nSPS) is 10.2. The maximum Gasteiger partial charge on any atom is 0.224 e. The number of para-hydroxylation sites is 1. The molecule has 0 amide bonds. The molecule has 3 aromatic rings. The van der Waals surface area contributed by atoms with Crippen molar-refractivity contribution in [3.63, 3.8) is 0 Å². The molecule has 1 N–H and O–H groups in total.